The monoisotopic (exact) mass is 263 g/mol. The molecular formula is C14H15F2N3. The quantitative estimate of drug-likeness (QED) is 0.450. The predicted molar refractivity (Wildman–Crippen MR) is 71.0 cm³/mol. The summed E-state index contributed by atoms with van der Waals surface area (Å²) in [6.45, 7) is 0. The highest BCUT2D eigenvalue weighted by Crippen LogP contribution is 2.24. The van der Waals surface area contributed by atoms with Gasteiger partial charge < -0.3 is 5.73 Å². The van der Waals surface area contributed by atoms with E-state index in [-0.39, 0.29) is 18.0 Å². The van der Waals surface area contributed by atoms with Crippen molar-refractivity contribution in [2.45, 2.75) is 12.5 Å². The van der Waals surface area contributed by atoms with E-state index >= 15 is 0 Å². The second kappa shape index (κ2) is 5.77. The van der Waals surface area contributed by atoms with E-state index in [2.05, 4.69) is 5.43 Å². The Kier molecular flexibility index (Phi) is 4.09. The standard InChI is InChI=1S/C14H15F2N3/c15-11-6-3-4-9(14(11)16)8-13(19-18)10-5-1-2-7-12(10)17/h1-7,13,19H,8,17-18H2. The van der Waals surface area contributed by atoms with Crippen molar-refractivity contribution in [3.63, 3.8) is 0 Å². The van der Waals surface area contributed by atoms with Crippen LogP contribution in [0.25, 0.3) is 0 Å². The smallest absolute Gasteiger partial charge is 0.162 e. The molecule has 0 amide bonds. The average molecular weight is 263 g/mol. The minimum atomic E-state index is -0.866. The van der Waals surface area contributed by atoms with E-state index in [1.807, 2.05) is 6.07 Å². The summed E-state index contributed by atoms with van der Waals surface area (Å²) in [6, 6.07) is 10.9. The van der Waals surface area contributed by atoms with Crippen LogP contribution in [-0.4, -0.2) is 0 Å². The highest BCUT2D eigenvalue weighted by Gasteiger charge is 2.16. The second-order valence-corrected chi connectivity index (χ2v) is 4.27. The van der Waals surface area contributed by atoms with Crippen molar-refractivity contribution in [3.8, 4) is 0 Å². The zero-order valence-corrected chi connectivity index (χ0v) is 10.2. The third kappa shape index (κ3) is 2.89. The molecule has 3 nitrogen and oxygen atoms in total. The summed E-state index contributed by atoms with van der Waals surface area (Å²) >= 11 is 0. The van der Waals surface area contributed by atoms with Crippen molar-refractivity contribution in [3.05, 3.63) is 65.2 Å². The molecule has 0 spiro atoms. The Balaban J connectivity index is 2.30. The number of hydrogen-bond donors (Lipinski definition) is 3. The molecule has 0 aromatic heterocycles. The minimum Gasteiger partial charge on any atom is -0.398 e. The number of nitrogens with one attached hydrogen (secondary N) is 1. The zero-order chi connectivity index (χ0) is 13.8. The Labute approximate surface area is 110 Å². The molecule has 100 valence electrons. The Morgan fingerprint density at radius 2 is 1.79 bits per heavy atom. The van der Waals surface area contributed by atoms with Crippen LogP contribution in [0.3, 0.4) is 0 Å². The van der Waals surface area contributed by atoms with Crippen LogP contribution in [0.2, 0.25) is 0 Å². The Morgan fingerprint density at radius 3 is 2.47 bits per heavy atom. The van der Waals surface area contributed by atoms with Gasteiger partial charge in [0.15, 0.2) is 11.6 Å². The van der Waals surface area contributed by atoms with Gasteiger partial charge in [0.1, 0.15) is 0 Å². The molecule has 0 aliphatic carbocycles. The topological polar surface area (TPSA) is 64.1 Å². The van der Waals surface area contributed by atoms with E-state index in [9.17, 15) is 8.78 Å². The van der Waals surface area contributed by atoms with Gasteiger partial charge in [-0.1, -0.05) is 30.3 Å². The third-order valence-electron chi connectivity index (χ3n) is 3.03. The van der Waals surface area contributed by atoms with Gasteiger partial charge in [-0.15, -0.1) is 0 Å². The van der Waals surface area contributed by atoms with Gasteiger partial charge in [-0.25, -0.2) is 8.78 Å². The average Bonchev–Trinajstić information content (AvgIpc) is 2.41. The largest absolute Gasteiger partial charge is 0.398 e. The zero-order valence-electron chi connectivity index (χ0n) is 10.2. The summed E-state index contributed by atoms with van der Waals surface area (Å²) in [6.07, 6.45) is 0.217. The first-order valence-corrected chi connectivity index (χ1v) is 5.87. The molecule has 5 N–H and O–H groups in total. The number of benzene rings is 2. The molecule has 5 heteroatoms. The van der Waals surface area contributed by atoms with Gasteiger partial charge in [0.2, 0.25) is 0 Å². The molecule has 0 aliphatic heterocycles. The van der Waals surface area contributed by atoms with Crippen LogP contribution in [0.1, 0.15) is 17.2 Å². The maximum absolute atomic E-state index is 13.6. The van der Waals surface area contributed by atoms with Crippen molar-refractivity contribution in [1.82, 2.24) is 5.43 Å². The predicted octanol–water partition coefficient (Wildman–Crippen LogP) is 2.29. The highest BCUT2D eigenvalue weighted by atomic mass is 19.2. The molecule has 1 atom stereocenters. The fraction of sp³-hybridized carbons (Fsp3) is 0.143. The number of rotatable bonds is 4. The number of anilines is 1. The van der Waals surface area contributed by atoms with E-state index in [0.29, 0.717) is 5.69 Å². The van der Waals surface area contributed by atoms with Crippen LogP contribution in [0.15, 0.2) is 42.5 Å². The van der Waals surface area contributed by atoms with Crippen LogP contribution >= 0.6 is 0 Å². The summed E-state index contributed by atoms with van der Waals surface area (Å²) in [5, 5.41) is 0. The molecule has 0 fully saturated rings. The fourth-order valence-corrected chi connectivity index (χ4v) is 2.01. The van der Waals surface area contributed by atoms with Gasteiger partial charge >= 0.3 is 0 Å². The molecule has 0 bridgehead atoms. The van der Waals surface area contributed by atoms with Crippen molar-refractivity contribution >= 4 is 5.69 Å². The molecule has 2 rings (SSSR count). The minimum absolute atomic E-state index is 0.217. The maximum atomic E-state index is 13.6. The van der Waals surface area contributed by atoms with Gasteiger partial charge in [-0.2, -0.15) is 0 Å². The van der Waals surface area contributed by atoms with Crippen molar-refractivity contribution in [2.24, 2.45) is 5.84 Å². The third-order valence-corrected chi connectivity index (χ3v) is 3.03. The Morgan fingerprint density at radius 1 is 1.05 bits per heavy atom. The Hall–Kier alpha value is -1.98. The van der Waals surface area contributed by atoms with Crippen LogP contribution in [0.5, 0.6) is 0 Å². The fourth-order valence-electron chi connectivity index (χ4n) is 2.01. The summed E-state index contributed by atoms with van der Waals surface area (Å²) in [7, 11) is 0. The summed E-state index contributed by atoms with van der Waals surface area (Å²) in [5.41, 5.74) is 10.0. The summed E-state index contributed by atoms with van der Waals surface area (Å²) in [5.74, 6) is 3.77. The van der Waals surface area contributed by atoms with Gasteiger partial charge in [0.05, 0.1) is 6.04 Å². The maximum Gasteiger partial charge on any atom is 0.162 e. The molecule has 1 unspecified atom stereocenters. The highest BCUT2D eigenvalue weighted by molar-refractivity contribution is 5.48. The normalized spacial score (nSPS) is 12.4. The van der Waals surface area contributed by atoms with Gasteiger partial charge in [-0.3, -0.25) is 11.3 Å². The van der Waals surface area contributed by atoms with Gasteiger partial charge in [0, 0.05) is 5.69 Å². The lowest BCUT2D eigenvalue weighted by Gasteiger charge is -2.18. The number of para-hydroxylation sites is 1. The van der Waals surface area contributed by atoms with E-state index < -0.39 is 11.6 Å². The summed E-state index contributed by atoms with van der Waals surface area (Å²) in [4.78, 5) is 0. The van der Waals surface area contributed by atoms with E-state index in [0.717, 1.165) is 11.6 Å². The molecule has 19 heavy (non-hydrogen) atoms. The van der Waals surface area contributed by atoms with Crippen LogP contribution in [-0.2, 0) is 6.42 Å². The van der Waals surface area contributed by atoms with Crippen molar-refractivity contribution < 1.29 is 8.78 Å². The van der Waals surface area contributed by atoms with Gasteiger partial charge in [0.25, 0.3) is 0 Å². The Bertz CT molecular complexity index is 572. The molecule has 0 heterocycles. The number of nitrogen functional groups attached to an aromatic ring is 1. The lowest BCUT2D eigenvalue weighted by Crippen LogP contribution is -2.30. The SMILES string of the molecule is NNC(Cc1cccc(F)c1F)c1ccccc1N. The lowest BCUT2D eigenvalue weighted by molar-refractivity contribution is 0.481. The van der Waals surface area contributed by atoms with Crippen LogP contribution in [0, 0.1) is 11.6 Å². The first-order chi connectivity index (χ1) is 9.13. The van der Waals surface area contributed by atoms with E-state index in [1.54, 1.807) is 18.2 Å². The summed E-state index contributed by atoms with van der Waals surface area (Å²) < 4.78 is 26.8. The molecule has 2 aromatic carbocycles. The molecule has 0 aliphatic rings. The van der Waals surface area contributed by atoms with Gasteiger partial charge in [-0.05, 0) is 29.7 Å². The van der Waals surface area contributed by atoms with Crippen molar-refractivity contribution in [1.29, 1.82) is 0 Å². The van der Waals surface area contributed by atoms with Crippen LogP contribution in [0.4, 0.5) is 14.5 Å². The molecule has 2 aromatic rings. The molecule has 0 saturated heterocycles. The van der Waals surface area contributed by atoms with E-state index in [4.69, 9.17) is 11.6 Å². The number of hydrogen-bond acceptors (Lipinski definition) is 3. The number of nitrogens with two attached hydrogens (primary N) is 2. The molecular weight excluding hydrogens is 248 g/mol. The number of halogens is 2. The second-order valence-electron chi connectivity index (χ2n) is 4.27. The van der Waals surface area contributed by atoms with Crippen LogP contribution < -0.4 is 17.0 Å². The first-order valence-electron chi connectivity index (χ1n) is 5.87. The lowest BCUT2D eigenvalue weighted by atomic mass is 9.97. The van der Waals surface area contributed by atoms with E-state index in [1.165, 1.54) is 12.1 Å². The molecule has 0 saturated carbocycles. The molecule has 0 radical (unpaired) electrons. The van der Waals surface area contributed by atoms with Crippen molar-refractivity contribution in [2.75, 3.05) is 5.73 Å². The number of hydrazine groups is 1. The first kappa shape index (κ1) is 13.5.